The van der Waals surface area contributed by atoms with Crippen molar-refractivity contribution in [2.24, 2.45) is 0 Å². The summed E-state index contributed by atoms with van der Waals surface area (Å²) in [7, 11) is 0. The molecule has 1 saturated heterocycles. The van der Waals surface area contributed by atoms with Gasteiger partial charge in [-0.2, -0.15) is 0 Å². The van der Waals surface area contributed by atoms with Gasteiger partial charge in [0.15, 0.2) is 6.61 Å². The zero-order chi connectivity index (χ0) is 18.1. The Hall–Kier alpha value is -2.53. The molecule has 134 valence electrons. The predicted octanol–water partition coefficient (Wildman–Crippen LogP) is 2.69. The van der Waals surface area contributed by atoms with E-state index < -0.39 is 0 Å². The second kappa shape index (κ2) is 7.00. The molecule has 1 unspecified atom stereocenters. The Labute approximate surface area is 157 Å². The van der Waals surface area contributed by atoms with E-state index >= 15 is 0 Å². The molecule has 5 nitrogen and oxygen atoms in total. The third-order valence-electron chi connectivity index (χ3n) is 4.96. The molecule has 0 N–H and O–H groups in total. The molecule has 2 aliphatic heterocycles. The Kier molecular flexibility index (Phi) is 4.55. The summed E-state index contributed by atoms with van der Waals surface area (Å²) < 4.78 is 5.54. The fraction of sp³-hybridized carbons (Fsp3) is 0.300. The van der Waals surface area contributed by atoms with Gasteiger partial charge in [0.2, 0.25) is 5.91 Å². The van der Waals surface area contributed by atoms with Crippen molar-refractivity contribution < 1.29 is 14.3 Å². The number of para-hydroxylation sites is 1. The quantitative estimate of drug-likeness (QED) is 0.834. The van der Waals surface area contributed by atoms with Gasteiger partial charge in [-0.05, 0) is 41.8 Å². The molecule has 0 bridgehead atoms. The molecule has 1 fully saturated rings. The fourth-order valence-electron chi connectivity index (χ4n) is 3.63. The highest BCUT2D eigenvalue weighted by atomic mass is 35.5. The molecule has 0 saturated carbocycles. The molecular formula is C20H19ClN2O3. The van der Waals surface area contributed by atoms with Gasteiger partial charge in [-0.15, -0.1) is 0 Å². The smallest absolute Gasteiger partial charge is 0.261 e. The molecule has 1 atom stereocenters. The summed E-state index contributed by atoms with van der Waals surface area (Å²) in [4.78, 5) is 28.6. The fourth-order valence-corrected chi connectivity index (χ4v) is 3.81. The van der Waals surface area contributed by atoms with E-state index in [0.29, 0.717) is 23.9 Å². The van der Waals surface area contributed by atoms with Crippen LogP contribution in [-0.2, 0) is 16.0 Å². The average molecular weight is 371 g/mol. The average Bonchev–Trinajstić information content (AvgIpc) is 2.66. The minimum absolute atomic E-state index is 0.0278. The monoisotopic (exact) mass is 370 g/mol. The van der Waals surface area contributed by atoms with Gasteiger partial charge in [0.25, 0.3) is 5.91 Å². The molecule has 2 amide bonds. The number of hydrogen-bond donors (Lipinski definition) is 0. The number of halogens is 1. The van der Waals surface area contributed by atoms with Crippen molar-refractivity contribution in [3.63, 3.8) is 0 Å². The molecule has 4 rings (SSSR count). The van der Waals surface area contributed by atoms with Crippen molar-refractivity contribution in [2.45, 2.75) is 12.5 Å². The molecule has 26 heavy (non-hydrogen) atoms. The Bertz CT molecular complexity index is 840. The molecule has 2 heterocycles. The second-order valence-corrected chi connectivity index (χ2v) is 7.01. The first-order valence-electron chi connectivity index (χ1n) is 8.65. The highest BCUT2D eigenvalue weighted by Gasteiger charge is 2.38. The van der Waals surface area contributed by atoms with E-state index in [1.165, 1.54) is 5.56 Å². The lowest BCUT2D eigenvalue weighted by atomic mass is 9.90. The van der Waals surface area contributed by atoms with Crippen molar-refractivity contribution >= 4 is 23.4 Å². The lowest BCUT2D eigenvalue weighted by molar-refractivity contribution is -0.150. The third kappa shape index (κ3) is 3.27. The SMILES string of the molecule is O=C(COc1ccccc1)N1CC(=O)N2CCc3ccc(Cl)cc3C2C1. The summed E-state index contributed by atoms with van der Waals surface area (Å²) in [6, 6.07) is 14.9. The molecule has 2 aromatic carbocycles. The summed E-state index contributed by atoms with van der Waals surface area (Å²) >= 11 is 6.16. The summed E-state index contributed by atoms with van der Waals surface area (Å²) in [5, 5.41) is 0.647. The van der Waals surface area contributed by atoms with Gasteiger partial charge in [-0.3, -0.25) is 9.59 Å². The van der Waals surface area contributed by atoms with Crippen molar-refractivity contribution in [3.05, 3.63) is 64.7 Å². The van der Waals surface area contributed by atoms with Crippen molar-refractivity contribution in [2.75, 3.05) is 26.2 Å². The molecule has 0 spiro atoms. The summed E-state index contributed by atoms with van der Waals surface area (Å²) in [6.07, 6.45) is 0.819. The predicted molar refractivity (Wildman–Crippen MR) is 98.1 cm³/mol. The highest BCUT2D eigenvalue weighted by Crippen LogP contribution is 2.34. The van der Waals surface area contributed by atoms with E-state index in [-0.39, 0.29) is 31.0 Å². The highest BCUT2D eigenvalue weighted by molar-refractivity contribution is 6.30. The number of ether oxygens (including phenoxy) is 1. The molecule has 0 aliphatic carbocycles. The maximum atomic E-state index is 12.6. The zero-order valence-corrected chi connectivity index (χ0v) is 15.0. The van der Waals surface area contributed by atoms with Crippen LogP contribution in [0.4, 0.5) is 0 Å². The van der Waals surface area contributed by atoms with Gasteiger partial charge in [0.1, 0.15) is 5.75 Å². The molecule has 6 heteroatoms. The van der Waals surface area contributed by atoms with Gasteiger partial charge < -0.3 is 14.5 Å². The minimum Gasteiger partial charge on any atom is -0.484 e. The summed E-state index contributed by atoms with van der Waals surface area (Å²) in [5.41, 5.74) is 2.23. The number of nitrogens with zero attached hydrogens (tertiary/aromatic N) is 2. The van der Waals surface area contributed by atoms with Gasteiger partial charge >= 0.3 is 0 Å². The van der Waals surface area contributed by atoms with Gasteiger partial charge in [-0.25, -0.2) is 0 Å². The largest absolute Gasteiger partial charge is 0.484 e. The van der Waals surface area contributed by atoms with E-state index in [0.717, 1.165) is 12.0 Å². The molecule has 2 aromatic rings. The number of hydrogen-bond acceptors (Lipinski definition) is 3. The van der Waals surface area contributed by atoms with E-state index in [1.54, 1.807) is 17.0 Å². The van der Waals surface area contributed by atoms with Crippen LogP contribution in [0, 0.1) is 0 Å². The topological polar surface area (TPSA) is 49.9 Å². The number of rotatable bonds is 3. The zero-order valence-electron chi connectivity index (χ0n) is 14.2. The maximum absolute atomic E-state index is 12.6. The Morgan fingerprint density at radius 3 is 2.81 bits per heavy atom. The third-order valence-corrected chi connectivity index (χ3v) is 5.20. The van der Waals surface area contributed by atoms with Crippen molar-refractivity contribution in [1.29, 1.82) is 0 Å². The van der Waals surface area contributed by atoms with Crippen LogP contribution in [-0.4, -0.2) is 47.9 Å². The van der Waals surface area contributed by atoms with Crippen LogP contribution in [0.25, 0.3) is 0 Å². The van der Waals surface area contributed by atoms with Crippen LogP contribution in [0.5, 0.6) is 5.75 Å². The summed E-state index contributed by atoms with van der Waals surface area (Å²) in [6.45, 7) is 1.17. The number of amides is 2. The van der Waals surface area contributed by atoms with E-state index in [4.69, 9.17) is 16.3 Å². The van der Waals surface area contributed by atoms with Crippen LogP contribution >= 0.6 is 11.6 Å². The van der Waals surface area contributed by atoms with Crippen molar-refractivity contribution in [3.8, 4) is 5.75 Å². The van der Waals surface area contributed by atoms with Crippen LogP contribution in [0.3, 0.4) is 0 Å². The normalized spacial score (nSPS) is 19.0. The number of benzene rings is 2. The Morgan fingerprint density at radius 1 is 1.19 bits per heavy atom. The van der Waals surface area contributed by atoms with Crippen LogP contribution in [0.1, 0.15) is 17.2 Å². The maximum Gasteiger partial charge on any atom is 0.261 e. The van der Waals surface area contributed by atoms with Gasteiger partial charge in [0, 0.05) is 18.1 Å². The minimum atomic E-state index is -0.184. The molecule has 0 radical (unpaired) electrons. The first-order chi connectivity index (χ1) is 12.6. The van der Waals surface area contributed by atoms with E-state index in [2.05, 4.69) is 0 Å². The van der Waals surface area contributed by atoms with E-state index in [1.807, 2.05) is 41.3 Å². The first kappa shape index (κ1) is 16.9. The number of carbonyl (C=O) groups is 2. The summed E-state index contributed by atoms with van der Waals surface area (Å²) in [5.74, 6) is 0.427. The Morgan fingerprint density at radius 2 is 2.00 bits per heavy atom. The lowest BCUT2D eigenvalue weighted by Gasteiger charge is -2.44. The molecule has 2 aliphatic rings. The van der Waals surface area contributed by atoms with Crippen molar-refractivity contribution in [1.82, 2.24) is 9.80 Å². The second-order valence-electron chi connectivity index (χ2n) is 6.57. The lowest BCUT2D eigenvalue weighted by Crippen LogP contribution is -2.56. The van der Waals surface area contributed by atoms with E-state index in [9.17, 15) is 9.59 Å². The standard InChI is InChI=1S/C20H19ClN2O3/c21-15-7-6-14-8-9-23-18(17(14)10-15)11-22(12-19(23)24)20(25)13-26-16-4-2-1-3-5-16/h1-7,10,18H,8-9,11-13H2. The Balaban J connectivity index is 1.50. The van der Waals surface area contributed by atoms with Crippen LogP contribution in [0.2, 0.25) is 5.02 Å². The number of piperazine rings is 1. The number of fused-ring (bicyclic) bond motifs is 3. The van der Waals surface area contributed by atoms with Crippen LogP contribution < -0.4 is 4.74 Å². The van der Waals surface area contributed by atoms with Crippen LogP contribution in [0.15, 0.2) is 48.5 Å². The molecule has 0 aromatic heterocycles. The number of carbonyl (C=O) groups excluding carboxylic acids is 2. The molecular weight excluding hydrogens is 352 g/mol. The van der Waals surface area contributed by atoms with Gasteiger partial charge in [-0.1, -0.05) is 35.9 Å². The first-order valence-corrected chi connectivity index (χ1v) is 9.03. The van der Waals surface area contributed by atoms with Gasteiger partial charge in [0.05, 0.1) is 12.6 Å².